The number of hydrogen-bond acceptors (Lipinski definition) is 6. The van der Waals surface area contributed by atoms with Crippen LogP contribution >= 0.6 is 46.4 Å². The number of benzene rings is 3. The van der Waals surface area contributed by atoms with Gasteiger partial charge in [-0.2, -0.15) is 0 Å². The molecule has 1 amide bonds. The zero-order valence-electron chi connectivity index (χ0n) is 19.9. The Morgan fingerprint density at radius 3 is 2.41 bits per heavy atom. The van der Waals surface area contributed by atoms with E-state index in [1.165, 1.54) is 4.90 Å². The van der Waals surface area contributed by atoms with Gasteiger partial charge in [-0.25, -0.2) is 4.79 Å². The Morgan fingerprint density at radius 2 is 1.64 bits per heavy atom. The van der Waals surface area contributed by atoms with E-state index in [4.69, 9.17) is 59.8 Å². The zero-order valence-corrected chi connectivity index (χ0v) is 23.0. The van der Waals surface area contributed by atoms with Gasteiger partial charge in [0.25, 0.3) is 5.91 Å². The largest absolute Gasteiger partial charge is 0.519 e. The Morgan fingerprint density at radius 1 is 0.897 bits per heavy atom. The Bertz CT molecular complexity index is 1680. The second-order valence-corrected chi connectivity index (χ2v) is 10.3. The maximum Gasteiger partial charge on any atom is 0.519 e. The molecule has 0 saturated heterocycles. The van der Waals surface area contributed by atoms with E-state index in [0.29, 0.717) is 50.5 Å². The standard InChI is InChI=1S/C28H18Cl4N2O5/c29-20-11-5-10-19(25(20)30)21-14-22(39-33-21)17-8-4-9-18(13-17)34(27(35)26(31)32)15-24-23(37-28(36)38-24)12-16-6-2-1-3-7-16/h1-11,13-14,26H,12,15H2. The second kappa shape index (κ2) is 11.7. The highest BCUT2D eigenvalue weighted by molar-refractivity contribution is 6.54. The van der Waals surface area contributed by atoms with Crippen molar-refractivity contribution in [3.8, 4) is 22.6 Å². The first-order valence-corrected chi connectivity index (χ1v) is 13.2. The molecule has 0 saturated carbocycles. The summed E-state index contributed by atoms with van der Waals surface area (Å²) >= 11 is 24.4. The third kappa shape index (κ3) is 6.07. The van der Waals surface area contributed by atoms with Crippen molar-refractivity contribution in [1.82, 2.24) is 5.16 Å². The van der Waals surface area contributed by atoms with Crippen LogP contribution < -0.4 is 10.7 Å². The number of rotatable bonds is 8. The van der Waals surface area contributed by atoms with Crippen molar-refractivity contribution in [3.63, 3.8) is 0 Å². The van der Waals surface area contributed by atoms with Crippen molar-refractivity contribution >= 4 is 58.0 Å². The maximum atomic E-state index is 13.1. The molecule has 5 rings (SSSR count). The predicted molar refractivity (Wildman–Crippen MR) is 151 cm³/mol. The number of halogens is 4. The van der Waals surface area contributed by atoms with Crippen LogP contribution in [0.1, 0.15) is 17.1 Å². The molecular formula is C28H18Cl4N2O5. The van der Waals surface area contributed by atoms with Crippen LogP contribution in [0.25, 0.3) is 22.6 Å². The number of hydrogen-bond donors (Lipinski definition) is 0. The molecule has 0 radical (unpaired) electrons. The predicted octanol–water partition coefficient (Wildman–Crippen LogP) is 7.79. The Kier molecular flexibility index (Phi) is 8.14. The minimum atomic E-state index is -1.37. The van der Waals surface area contributed by atoms with Gasteiger partial charge in [0, 0.05) is 29.3 Å². The van der Waals surface area contributed by atoms with Crippen LogP contribution in [-0.4, -0.2) is 15.9 Å². The molecule has 0 N–H and O–H groups in total. The van der Waals surface area contributed by atoms with Crippen molar-refractivity contribution in [2.75, 3.05) is 4.90 Å². The van der Waals surface area contributed by atoms with Crippen LogP contribution in [0, 0.1) is 0 Å². The molecule has 3 aromatic carbocycles. The van der Waals surface area contributed by atoms with E-state index in [2.05, 4.69) is 5.16 Å². The zero-order chi connectivity index (χ0) is 27.5. The van der Waals surface area contributed by atoms with E-state index in [-0.39, 0.29) is 12.3 Å². The molecule has 0 fully saturated rings. The molecule has 0 spiro atoms. The van der Waals surface area contributed by atoms with Gasteiger partial charge >= 0.3 is 5.82 Å². The number of nitrogens with zero attached hydrogens (tertiary/aromatic N) is 2. The molecule has 5 aromatic rings. The lowest BCUT2D eigenvalue weighted by Gasteiger charge is -2.23. The third-order valence-corrected chi connectivity index (χ3v) is 7.06. The van der Waals surface area contributed by atoms with Gasteiger partial charge < -0.3 is 18.3 Å². The summed E-state index contributed by atoms with van der Waals surface area (Å²) < 4.78 is 16.2. The highest BCUT2D eigenvalue weighted by atomic mass is 35.5. The van der Waals surface area contributed by atoms with Crippen molar-refractivity contribution in [1.29, 1.82) is 0 Å². The number of carbonyl (C=O) groups is 1. The van der Waals surface area contributed by atoms with Crippen molar-refractivity contribution in [2.24, 2.45) is 0 Å². The van der Waals surface area contributed by atoms with E-state index < -0.39 is 16.6 Å². The highest BCUT2D eigenvalue weighted by Crippen LogP contribution is 2.35. The molecule has 11 heteroatoms. The monoisotopic (exact) mass is 602 g/mol. The Labute approximate surface area is 242 Å². The molecule has 0 atom stereocenters. The molecule has 0 aliphatic heterocycles. The summed E-state index contributed by atoms with van der Waals surface area (Å²) in [4.78, 5) is 25.0. The molecule has 39 heavy (non-hydrogen) atoms. The van der Waals surface area contributed by atoms with Gasteiger partial charge in [-0.3, -0.25) is 4.79 Å². The van der Waals surface area contributed by atoms with Crippen molar-refractivity contribution in [3.05, 3.63) is 117 Å². The van der Waals surface area contributed by atoms with Crippen LogP contribution in [0.5, 0.6) is 0 Å². The first-order valence-electron chi connectivity index (χ1n) is 11.6. The van der Waals surface area contributed by atoms with E-state index in [9.17, 15) is 9.59 Å². The van der Waals surface area contributed by atoms with E-state index >= 15 is 0 Å². The van der Waals surface area contributed by atoms with E-state index in [1.807, 2.05) is 30.3 Å². The van der Waals surface area contributed by atoms with Crippen molar-refractivity contribution in [2.45, 2.75) is 17.8 Å². The fraction of sp³-hybridized carbons (Fsp3) is 0.107. The van der Waals surface area contributed by atoms with Gasteiger partial charge in [-0.1, -0.05) is 106 Å². The SMILES string of the molecule is O=C(C(Cl)Cl)N(Cc1oc(=O)oc1Cc1ccccc1)c1cccc(-c2cc(-c3cccc(Cl)c3Cl)no2)c1. The molecule has 0 bridgehead atoms. The minimum Gasteiger partial charge on any atom is -0.395 e. The van der Waals surface area contributed by atoms with Gasteiger partial charge in [0.15, 0.2) is 22.1 Å². The average molecular weight is 604 g/mol. The highest BCUT2D eigenvalue weighted by Gasteiger charge is 2.26. The molecular weight excluding hydrogens is 586 g/mol. The van der Waals surface area contributed by atoms with Gasteiger partial charge in [0.05, 0.1) is 16.6 Å². The Balaban J connectivity index is 1.48. The second-order valence-electron chi connectivity index (χ2n) is 8.42. The average Bonchev–Trinajstić information content (AvgIpc) is 3.55. The first kappa shape index (κ1) is 27.1. The van der Waals surface area contributed by atoms with Crippen LogP contribution in [0.3, 0.4) is 0 Å². The molecule has 0 unspecified atom stereocenters. The van der Waals surface area contributed by atoms with Gasteiger partial charge in [-0.15, -0.1) is 0 Å². The summed E-state index contributed by atoms with van der Waals surface area (Å²) in [6.07, 6.45) is 0.294. The number of aromatic nitrogens is 1. The summed E-state index contributed by atoms with van der Waals surface area (Å²) in [6, 6.07) is 23.2. The van der Waals surface area contributed by atoms with Crippen molar-refractivity contribution < 1.29 is 18.2 Å². The molecule has 0 aliphatic rings. The molecule has 2 aromatic heterocycles. The number of anilines is 1. The molecule has 2 heterocycles. The summed E-state index contributed by atoms with van der Waals surface area (Å²) in [6.45, 7) is -0.147. The van der Waals surface area contributed by atoms with Crippen LogP contribution in [0.2, 0.25) is 10.0 Å². The third-order valence-electron chi connectivity index (χ3n) is 5.87. The number of alkyl halides is 2. The quantitative estimate of drug-likeness (QED) is 0.168. The summed E-state index contributed by atoms with van der Waals surface area (Å²) in [5.74, 6) is -0.607. The number of carbonyl (C=O) groups excluding carboxylic acids is 1. The summed E-state index contributed by atoms with van der Waals surface area (Å²) in [5.41, 5.74) is 3.04. The van der Waals surface area contributed by atoms with Crippen LogP contribution in [0.4, 0.5) is 5.69 Å². The fourth-order valence-corrected chi connectivity index (χ4v) is 4.63. The van der Waals surface area contributed by atoms with Gasteiger partial charge in [0.2, 0.25) is 0 Å². The van der Waals surface area contributed by atoms with Crippen LogP contribution in [-0.2, 0) is 17.8 Å². The number of amides is 1. The van der Waals surface area contributed by atoms with Gasteiger partial charge in [-0.05, 0) is 23.8 Å². The fourth-order valence-electron chi connectivity index (χ4n) is 4.00. The topological polar surface area (TPSA) is 89.7 Å². The lowest BCUT2D eigenvalue weighted by atomic mass is 10.1. The first-order chi connectivity index (χ1) is 18.8. The normalized spacial score (nSPS) is 11.2. The van der Waals surface area contributed by atoms with Gasteiger partial charge in [0.1, 0.15) is 5.69 Å². The van der Waals surface area contributed by atoms with Crippen LogP contribution in [0.15, 0.2) is 97.0 Å². The molecule has 7 nitrogen and oxygen atoms in total. The van der Waals surface area contributed by atoms with E-state index in [1.54, 1.807) is 48.5 Å². The lowest BCUT2D eigenvalue weighted by Crippen LogP contribution is -2.34. The summed E-state index contributed by atoms with van der Waals surface area (Å²) in [5, 5.41) is 4.87. The minimum absolute atomic E-state index is 0.147. The summed E-state index contributed by atoms with van der Waals surface area (Å²) in [7, 11) is 0. The molecule has 0 aliphatic carbocycles. The van der Waals surface area contributed by atoms with E-state index in [0.717, 1.165) is 5.56 Å². The smallest absolute Gasteiger partial charge is 0.395 e. The lowest BCUT2D eigenvalue weighted by molar-refractivity contribution is -0.117. The molecule has 198 valence electrons. The maximum absolute atomic E-state index is 13.1. The Hall–Kier alpha value is -3.49.